The number of anilines is 1. The van der Waals surface area contributed by atoms with Gasteiger partial charge in [0.2, 0.25) is 0 Å². The Morgan fingerprint density at radius 2 is 1.96 bits per heavy atom. The van der Waals surface area contributed by atoms with Crippen LogP contribution in [0.25, 0.3) is 0 Å². The zero-order chi connectivity index (χ0) is 17.9. The highest BCUT2D eigenvalue weighted by atomic mass is 16.2. The minimum atomic E-state index is -0.0117. The smallest absolute Gasteiger partial charge is 0.274 e. The third kappa shape index (κ3) is 3.55. The van der Waals surface area contributed by atoms with Gasteiger partial charge in [-0.1, -0.05) is 24.3 Å². The standard InChI is InChI=1S/C20H25N5O/c1-24-14-16-7-3-2-6-15(16)10-17(24)11-22-19-13-21-12-18(23-19)20(26)25-8-4-5-9-25/h2-3,6-7,12-13,17H,4-5,8-11,14H2,1H3,(H,22,23). The molecule has 6 heteroatoms. The van der Waals surface area contributed by atoms with Gasteiger partial charge < -0.3 is 10.2 Å². The van der Waals surface area contributed by atoms with E-state index in [1.165, 1.54) is 11.1 Å². The number of carbonyl (C=O) groups is 1. The number of nitrogens with one attached hydrogen (secondary N) is 1. The van der Waals surface area contributed by atoms with Crippen LogP contribution in [0, 0.1) is 0 Å². The first-order chi connectivity index (χ1) is 12.7. The zero-order valence-electron chi connectivity index (χ0n) is 15.2. The van der Waals surface area contributed by atoms with Gasteiger partial charge >= 0.3 is 0 Å². The number of aromatic nitrogens is 2. The van der Waals surface area contributed by atoms with Gasteiger partial charge in [0.05, 0.1) is 12.4 Å². The lowest BCUT2D eigenvalue weighted by atomic mass is 9.94. The molecule has 2 aliphatic heterocycles. The molecule has 1 aromatic heterocycles. The Kier molecular flexibility index (Phi) is 4.84. The summed E-state index contributed by atoms with van der Waals surface area (Å²) in [6.07, 6.45) is 6.42. The van der Waals surface area contributed by atoms with Crippen molar-refractivity contribution in [2.45, 2.75) is 31.8 Å². The van der Waals surface area contributed by atoms with Crippen LogP contribution < -0.4 is 5.32 Å². The third-order valence-corrected chi connectivity index (χ3v) is 5.38. The lowest BCUT2D eigenvalue weighted by Gasteiger charge is -2.34. The molecular formula is C20H25N5O. The van der Waals surface area contributed by atoms with Crippen LogP contribution >= 0.6 is 0 Å². The first-order valence-corrected chi connectivity index (χ1v) is 9.33. The van der Waals surface area contributed by atoms with Crippen LogP contribution in [0.1, 0.15) is 34.5 Å². The van der Waals surface area contributed by atoms with Gasteiger partial charge in [-0.05, 0) is 37.4 Å². The molecule has 26 heavy (non-hydrogen) atoms. The number of carbonyl (C=O) groups excluding carboxylic acids is 1. The number of amides is 1. The van der Waals surface area contributed by atoms with Gasteiger partial charge in [-0.2, -0.15) is 0 Å². The van der Waals surface area contributed by atoms with Gasteiger partial charge in [0.1, 0.15) is 11.5 Å². The molecule has 1 fully saturated rings. The molecule has 6 nitrogen and oxygen atoms in total. The van der Waals surface area contributed by atoms with E-state index in [1.807, 2.05) is 4.90 Å². The van der Waals surface area contributed by atoms with E-state index < -0.39 is 0 Å². The highest BCUT2D eigenvalue weighted by Crippen LogP contribution is 2.22. The quantitative estimate of drug-likeness (QED) is 0.915. The Morgan fingerprint density at radius 3 is 2.77 bits per heavy atom. The molecular weight excluding hydrogens is 326 g/mol. The van der Waals surface area contributed by atoms with Crippen molar-refractivity contribution in [1.82, 2.24) is 19.8 Å². The molecule has 1 atom stereocenters. The van der Waals surface area contributed by atoms with Crippen molar-refractivity contribution in [3.05, 3.63) is 53.5 Å². The summed E-state index contributed by atoms with van der Waals surface area (Å²) in [6, 6.07) is 9.01. The lowest BCUT2D eigenvalue weighted by Crippen LogP contribution is -2.42. The van der Waals surface area contributed by atoms with Crippen LogP contribution in [0.2, 0.25) is 0 Å². The molecule has 1 aromatic carbocycles. The summed E-state index contributed by atoms with van der Waals surface area (Å²) in [7, 11) is 2.15. The fourth-order valence-corrected chi connectivity index (χ4v) is 3.81. The Balaban J connectivity index is 1.40. The number of likely N-dealkylation sites (tertiary alicyclic amines) is 1. The Hall–Kier alpha value is -2.47. The molecule has 1 amide bonds. The van der Waals surface area contributed by atoms with Gasteiger partial charge in [0.25, 0.3) is 5.91 Å². The minimum absolute atomic E-state index is 0.0117. The number of hydrogen-bond acceptors (Lipinski definition) is 5. The second kappa shape index (κ2) is 7.41. The van der Waals surface area contributed by atoms with Crippen LogP contribution in [-0.2, 0) is 13.0 Å². The summed E-state index contributed by atoms with van der Waals surface area (Å²) in [5.41, 5.74) is 3.25. The summed E-state index contributed by atoms with van der Waals surface area (Å²) in [6.45, 7) is 3.39. The topological polar surface area (TPSA) is 61.4 Å². The average Bonchev–Trinajstić information content (AvgIpc) is 3.21. The van der Waals surface area contributed by atoms with Crippen molar-refractivity contribution < 1.29 is 4.79 Å². The van der Waals surface area contributed by atoms with E-state index in [4.69, 9.17) is 0 Å². The second-order valence-corrected chi connectivity index (χ2v) is 7.21. The molecule has 4 rings (SSSR count). The van der Waals surface area contributed by atoms with Crippen molar-refractivity contribution in [2.24, 2.45) is 0 Å². The van der Waals surface area contributed by atoms with Crippen molar-refractivity contribution in [1.29, 1.82) is 0 Å². The van der Waals surface area contributed by atoms with Crippen molar-refractivity contribution in [2.75, 3.05) is 32.0 Å². The zero-order valence-corrected chi connectivity index (χ0v) is 15.2. The first kappa shape index (κ1) is 17.0. The molecule has 0 aliphatic carbocycles. The number of hydrogen-bond donors (Lipinski definition) is 1. The maximum absolute atomic E-state index is 12.5. The summed E-state index contributed by atoms with van der Waals surface area (Å²) in [5.74, 6) is 0.657. The van der Waals surface area contributed by atoms with E-state index >= 15 is 0 Å². The number of fused-ring (bicyclic) bond motifs is 1. The van der Waals surface area contributed by atoms with Crippen LogP contribution in [0.15, 0.2) is 36.7 Å². The van der Waals surface area contributed by atoms with E-state index in [2.05, 4.69) is 51.5 Å². The van der Waals surface area contributed by atoms with Crippen LogP contribution in [0.4, 0.5) is 5.82 Å². The predicted octanol–water partition coefficient (Wildman–Crippen LogP) is 2.18. The molecule has 2 aliphatic rings. The predicted molar refractivity (Wildman–Crippen MR) is 101 cm³/mol. The van der Waals surface area contributed by atoms with Crippen LogP contribution in [0.5, 0.6) is 0 Å². The monoisotopic (exact) mass is 351 g/mol. The average molecular weight is 351 g/mol. The fourth-order valence-electron chi connectivity index (χ4n) is 3.81. The van der Waals surface area contributed by atoms with Gasteiger partial charge in [0.15, 0.2) is 0 Å². The third-order valence-electron chi connectivity index (χ3n) is 5.38. The summed E-state index contributed by atoms with van der Waals surface area (Å²) in [4.78, 5) is 25.4. The second-order valence-electron chi connectivity index (χ2n) is 7.21. The van der Waals surface area contributed by atoms with Gasteiger partial charge in [-0.25, -0.2) is 4.98 Å². The molecule has 1 N–H and O–H groups in total. The van der Waals surface area contributed by atoms with Crippen molar-refractivity contribution in [3.8, 4) is 0 Å². The Labute approximate surface area is 154 Å². The maximum atomic E-state index is 12.5. The van der Waals surface area contributed by atoms with Crippen molar-refractivity contribution >= 4 is 11.7 Å². The van der Waals surface area contributed by atoms with Crippen LogP contribution in [-0.4, -0.2) is 58.4 Å². The summed E-state index contributed by atoms with van der Waals surface area (Å²) in [5, 5.41) is 3.38. The van der Waals surface area contributed by atoms with Gasteiger partial charge in [-0.15, -0.1) is 0 Å². The normalized spacial score (nSPS) is 20.0. The first-order valence-electron chi connectivity index (χ1n) is 9.33. The number of benzene rings is 1. The molecule has 3 heterocycles. The van der Waals surface area contributed by atoms with E-state index in [1.54, 1.807) is 12.4 Å². The molecule has 136 valence electrons. The molecule has 1 unspecified atom stereocenters. The Morgan fingerprint density at radius 1 is 1.19 bits per heavy atom. The highest BCUT2D eigenvalue weighted by Gasteiger charge is 2.24. The summed E-state index contributed by atoms with van der Waals surface area (Å²) >= 11 is 0. The fraction of sp³-hybridized carbons (Fsp3) is 0.450. The lowest BCUT2D eigenvalue weighted by molar-refractivity contribution is 0.0786. The van der Waals surface area contributed by atoms with Crippen molar-refractivity contribution in [3.63, 3.8) is 0 Å². The molecule has 1 saturated heterocycles. The van der Waals surface area contributed by atoms with Crippen LogP contribution in [0.3, 0.4) is 0 Å². The van der Waals surface area contributed by atoms with Gasteiger partial charge in [0, 0.05) is 32.2 Å². The molecule has 0 spiro atoms. The molecule has 0 saturated carbocycles. The number of likely N-dealkylation sites (N-methyl/N-ethyl adjacent to an activating group) is 1. The summed E-state index contributed by atoms with van der Waals surface area (Å²) < 4.78 is 0. The highest BCUT2D eigenvalue weighted by molar-refractivity contribution is 5.92. The number of nitrogens with zero attached hydrogens (tertiary/aromatic N) is 4. The Bertz CT molecular complexity index is 787. The SMILES string of the molecule is CN1Cc2ccccc2CC1CNc1cncc(C(=O)N2CCCC2)n1. The molecule has 2 aromatic rings. The molecule has 0 radical (unpaired) electrons. The van der Waals surface area contributed by atoms with E-state index in [-0.39, 0.29) is 5.91 Å². The van der Waals surface area contributed by atoms with E-state index in [9.17, 15) is 4.79 Å². The molecule has 0 bridgehead atoms. The number of rotatable bonds is 4. The van der Waals surface area contributed by atoms with E-state index in [0.29, 0.717) is 17.6 Å². The largest absolute Gasteiger partial charge is 0.367 e. The minimum Gasteiger partial charge on any atom is -0.367 e. The van der Waals surface area contributed by atoms with E-state index in [0.717, 1.165) is 45.4 Å². The maximum Gasteiger partial charge on any atom is 0.274 e. The van der Waals surface area contributed by atoms with Gasteiger partial charge in [-0.3, -0.25) is 14.7 Å².